The Morgan fingerprint density at radius 2 is 1.94 bits per heavy atom. The largest absolute Gasteiger partial charge is 0.369 e. The quantitative estimate of drug-likeness (QED) is 0.588. The number of hydrogen-bond donors (Lipinski definition) is 1. The van der Waals surface area contributed by atoms with E-state index < -0.39 is 0 Å². The molecule has 1 heterocycles. The molecule has 0 saturated heterocycles. The Kier molecular flexibility index (Phi) is 6.16. The highest BCUT2D eigenvalue weighted by atomic mass is 35.5. The molecule has 90 valence electrons. The molecule has 0 spiro atoms. The number of nitrogens with zero attached hydrogens (tertiary/aromatic N) is 2. The number of unbranched alkanes of at least 4 members (excludes halogenated alkanes) is 3. The molecule has 1 aromatic rings. The first kappa shape index (κ1) is 13.2. The van der Waals surface area contributed by atoms with E-state index in [4.69, 9.17) is 11.6 Å². The minimum atomic E-state index is 0.774. The molecule has 0 aliphatic carbocycles. The van der Waals surface area contributed by atoms with Crippen molar-refractivity contribution >= 4 is 17.4 Å². The van der Waals surface area contributed by atoms with Gasteiger partial charge in [-0.2, -0.15) is 0 Å². The van der Waals surface area contributed by atoms with E-state index in [1.807, 2.05) is 13.8 Å². The fourth-order valence-electron chi connectivity index (χ4n) is 1.48. The summed E-state index contributed by atoms with van der Waals surface area (Å²) in [7, 11) is 0. The van der Waals surface area contributed by atoms with Crippen molar-refractivity contribution < 1.29 is 0 Å². The number of rotatable bonds is 7. The molecule has 1 N–H and O–H groups in total. The van der Waals surface area contributed by atoms with Crippen LogP contribution in [0.1, 0.15) is 37.1 Å². The lowest BCUT2D eigenvalue weighted by atomic mass is 10.2. The molecule has 0 atom stereocenters. The summed E-state index contributed by atoms with van der Waals surface area (Å²) in [5.41, 5.74) is 1.92. The number of anilines is 1. The van der Waals surface area contributed by atoms with Crippen molar-refractivity contribution in [2.24, 2.45) is 0 Å². The highest BCUT2D eigenvalue weighted by molar-refractivity contribution is 6.17. The predicted octanol–water partition coefficient (Wildman–Crippen LogP) is 3.30. The molecule has 0 aromatic carbocycles. The second kappa shape index (κ2) is 7.44. The first-order chi connectivity index (χ1) is 7.74. The van der Waals surface area contributed by atoms with Crippen molar-refractivity contribution in [3.63, 3.8) is 0 Å². The van der Waals surface area contributed by atoms with Crippen LogP contribution in [0.4, 0.5) is 5.82 Å². The second-order valence-electron chi connectivity index (χ2n) is 3.98. The molecule has 0 radical (unpaired) electrons. The monoisotopic (exact) mass is 241 g/mol. The molecule has 16 heavy (non-hydrogen) atoms. The standard InChI is InChI=1S/C12H20ClN3/c1-10-9-15-11(2)12(16-10)14-8-6-4-3-5-7-13/h9H,3-8H2,1-2H3,(H,14,16). The summed E-state index contributed by atoms with van der Waals surface area (Å²) in [6.45, 7) is 4.89. The van der Waals surface area contributed by atoms with E-state index in [1.165, 1.54) is 12.8 Å². The maximum Gasteiger partial charge on any atom is 0.147 e. The van der Waals surface area contributed by atoms with Gasteiger partial charge in [0.25, 0.3) is 0 Å². The predicted molar refractivity (Wildman–Crippen MR) is 69.2 cm³/mol. The SMILES string of the molecule is Cc1cnc(C)c(NCCCCCCCl)n1. The first-order valence-corrected chi connectivity index (χ1v) is 6.37. The molecule has 0 amide bonds. The topological polar surface area (TPSA) is 37.8 Å². The molecule has 1 aromatic heterocycles. The van der Waals surface area contributed by atoms with Crippen LogP contribution in [0.25, 0.3) is 0 Å². The van der Waals surface area contributed by atoms with Crippen molar-refractivity contribution in [2.45, 2.75) is 39.5 Å². The van der Waals surface area contributed by atoms with Crippen LogP contribution in [-0.4, -0.2) is 22.4 Å². The lowest BCUT2D eigenvalue weighted by Crippen LogP contribution is -2.06. The summed E-state index contributed by atoms with van der Waals surface area (Å²) in [6, 6.07) is 0. The maximum absolute atomic E-state index is 5.61. The van der Waals surface area contributed by atoms with Crippen LogP contribution in [0.3, 0.4) is 0 Å². The fourth-order valence-corrected chi connectivity index (χ4v) is 1.67. The summed E-state index contributed by atoms with van der Waals surface area (Å²) in [6.07, 6.45) is 6.50. The number of aryl methyl sites for hydroxylation is 2. The van der Waals surface area contributed by atoms with E-state index in [2.05, 4.69) is 15.3 Å². The van der Waals surface area contributed by atoms with Crippen molar-refractivity contribution in [1.82, 2.24) is 9.97 Å². The zero-order chi connectivity index (χ0) is 11.8. The van der Waals surface area contributed by atoms with Crippen LogP contribution in [0.2, 0.25) is 0 Å². The smallest absolute Gasteiger partial charge is 0.147 e. The molecule has 1 rings (SSSR count). The Morgan fingerprint density at radius 1 is 1.19 bits per heavy atom. The third-order valence-corrected chi connectivity index (χ3v) is 2.70. The Morgan fingerprint density at radius 3 is 2.69 bits per heavy atom. The van der Waals surface area contributed by atoms with Crippen LogP contribution < -0.4 is 5.32 Å². The first-order valence-electron chi connectivity index (χ1n) is 5.84. The minimum Gasteiger partial charge on any atom is -0.369 e. The Balaban J connectivity index is 2.23. The van der Waals surface area contributed by atoms with E-state index in [9.17, 15) is 0 Å². The molecule has 4 heteroatoms. The molecule has 0 unspecified atom stereocenters. The van der Waals surface area contributed by atoms with Gasteiger partial charge in [0.15, 0.2) is 0 Å². The van der Waals surface area contributed by atoms with Crippen LogP contribution in [0.5, 0.6) is 0 Å². The summed E-state index contributed by atoms with van der Waals surface area (Å²) in [4.78, 5) is 8.68. The highest BCUT2D eigenvalue weighted by Gasteiger charge is 2.00. The summed E-state index contributed by atoms with van der Waals surface area (Å²) in [5.74, 6) is 1.69. The van der Waals surface area contributed by atoms with Crippen molar-refractivity contribution in [2.75, 3.05) is 17.7 Å². The van der Waals surface area contributed by atoms with Gasteiger partial charge in [-0.25, -0.2) is 4.98 Å². The van der Waals surface area contributed by atoms with Crippen LogP contribution in [0.15, 0.2) is 6.20 Å². The zero-order valence-electron chi connectivity index (χ0n) is 10.1. The maximum atomic E-state index is 5.61. The van der Waals surface area contributed by atoms with E-state index in [-0.39, 0.29) is 0 Å². The fraction of sp³-hybridized carbons (Fsp3) is 0.667. The molecular weight excluding hydrogens is 222 g/mol. The number of nitrogens with one attached hydrogen (secondary N) is 1. The van der Waals surface area contributed by atoms with Gasteiger partial charge in [-0.1, -0.05) is 12.8 Å². The zero-order valence-corrected chi connectivity index (χ0v) is 10.8. The summed E-state index contributed by atoms with van der Waals surface area (Å²) in [5, 5.41) is 3.32. The average molecular weight is 242 g/mol. The van der Waals surface area contributed by atoms with Gasteiger partial charge >= 0.3 is 0 Å². The molecular formula is C12H20ClN3. The number of alkyl halides is 1. The van der Waals surface area contributed by atoms with Crippen LogP contribution >= 0.6 is 11.6 Å². The van der Waals surface area contributed by atoms with Gasteiger partial charge in [0.05, 0.1) is 11.4 Å². The normalized spacial score (nSPS) is 10.4. The molecule has 0 bridgehead atoms. The molecule has 0 fully saturated rings. The second-order valence-corrected chi connectivity index (χ2v) is 4.35. The van der Waals surface area contributed by atoms with E-state index in [0.717, 1.165) is 42.5 Å². The third-order valence-electron chi connectivity index (χ3n) is 2.43. The Labute approximate surface area is 103 Å². The van der Waals surface area contributed by atoms with Crippen LogP contribution in [-0.2, 0) is 0 Å². The van der Waals surface area contributed by atoms with E-state index in [0.29, 0.717) is 0 Å². The summed E-state index contributed by atoms with van der Waals surface area (Å²) < 4.78 is 0. The van der Waals surface area contributed by atoms with E-state index in [1.54, 1.807) is 6.20 Å². The lowest BCUT2D eigenvalue weighted by molar-refractivity contribution is 0.686. The van der Waals surface area contributed by atoms with Crippen molar-refractivity contribution in [3.05, 3.63) is 17.6 Å². The lowest BCUT2D eigenvalue weighted by Gasteiger charge is -2.08. The molecule has 0 saturated carbocycles. The Hall–Kier alpha value is -0.830. The van der Waals surface area contributed by atoms with Gasteiger partial charge in [0.1, 0.15) is 5.82 Å². The molecule has 0 aliphatic rings. The minimum absolute atomic E-state index is 0.774. The Bertz CT molecular complexity index is 315. The van der Waals surface area contributed by atoms with Gasteiger partial charge < -0.3 is 5.32 Å². The number of hydrogen-bond acceptors (Lipinski definition) is 3. The van der Waals surface area contributed by atoms with Crippen molar-refractivity contribution in [3.8, 4) is 0 Å². The number of halogens is 1. The molecule has 0 aliphatic heterocycles. The summed E-state index contributed by atoms with van der Waals surface area (Å²) >= 11 is 5.61. The molecule has 3 nitrogen and oxygen atoms in total. The van der Waals surface area contributed by atoms with Crippen molar-refractivity contribution in [1.29, 1.82) is 0 Å². The third kappa shape index (κ3) is 4.79. The number of aromatic nitrogens is 2. The van der Waals surface area contributed by atoms with Gasteiger partial charge in [0, 0.05) is 18.6 Å². The van der Waals surface area contributed by atoms with Gasteiger partial charge in [0.2, 0.25) is 0 Å². The van der Waals surface area contributed by atoms with Gasteiger partial charge in [-0.15, -0.1) is 11.6 Å². The van der Waals surface area contributed by atoms with Gasteiger partial charge in [-0.3, -0.25) is 4.98 Å². The average Bonchev–Trinajstić information content (AvgIpc) is 2.28. The van der Waals surface area contributed by atoms with Gasteiger partial charge in [-0.05, 0) is 26.7 Å². The highest BCUT2D eigenvalue weighted by Crippen LogP contribution is 2.09. The van der Waals surface area contributed by atoms with Crippen LogP contribution in [0, 0.1) is 13.8 Å². The van der Waals surface area contributed by atoms with E-state index >= 15 is 0 Å².